The molecule has 1 aliphatic heterocycles. The number of rotatable bonds is 1. The molecule has 0 amide bonds. The van der Waals surface area contributed by atoms with Crippen molar-refractivity contribution >= 4 is 24.0 Å². The van der Waals surface area contributed by atoms with Crippen LogP contribution in [0, 0.1) is 4.77 Å². The fourth-order valence-corrected chi connectivity index (χ4v) is 2.85. The number of hydrogen-bond donors (Lipinski definition) is 1. The fourth-order valence-electron chi connectivity index (χ4n) is 1.46. The smallest absolute Gasteiger partial charge is 0.195 e. The van der Waals surface area contributed by atoms with Gasteiger partial charge in [0.2, 0.25) is 0 Å². The molecule has 1 aromatic heterocycles. The van der Waals surface area contributed by atoms with Crippen LogP contribution >= 0.6 is 24.0 Å². The first kappa shape index (κ1) is 8.31. The van der Waals surface area contributed by atoms with Crippen molar-refractivity contribution in [2.75, 3.05) is 11.5 Å². The SMILES string of the molecule is S=c1[nH]ncn1C1CCCSC1. The Labute approximate surface area is 80.6 Å². The molecule has 5 heteroatoms. The normalized spacial score (nSPS) is 24.2. The number of hydrogen-bond acceptors (Lipinski definition) is 3. The molecule has 2 rings (SSSR count). The highest BCUT2D eigenvalue weighted by atomic mass is 32.2. The first-order chi connectivity index (χ1) is 5.88. The topological polar surface area (TPSA) is 33.6 Å². The molecule has 1 saturated heterocycles. The third-order valence-electron chi connectivity index (χ3n) is 2.11. The van der Waals surface area contributed by atoms with Crippen molar-refractivity contribution in [2.24, 2.45) is 0 Å². The first-order valence-electron chi connectivity index (χ1n) is 4.07. The van der Waals surface area contributed by atoms with E-state index in [1.165, 1.54) is 24.3 Å². The van der Waals surface area contributed by atoms with Crippen LogP contribution in [0.3, 0.4) is 0 Å². The van der Waals surface area contributed by atoms with Gasteiger partial charge < -0.3 is 4.57 Å². The van der Waals surface area contributed by atoms with Crippen LogP contribution in [0.5, 0.6) is 0 Å². The lowest BCUT2D eigenvalue weighted by Gasteiger charge is -2.21. The Morgan fingerprint density at radius 1 is 1.75 bits per heavy atom. The van der Waals surface area contributed by atoms with Crippen LogP contribution in [-0.2, 0) is 0 Å². The van der Waals surface area contributed by atoms with Crippen molar-refractivity contribution < 1.29 is 0 Å². The second-order valence-corrected chi connectivity index (χ2v) is 4.48. The summed E-state index contributed by atoms with van der Waals surface area (Å²) in [5, 5.41) is 6.71. The zero-order valence-electron chi connectivity index (χ0n) is 6.69. The van der Waals surface area contributed by atoms with Gasteiger partial charge in [-0.1, -0.05) is 0 Å². The summed E-state index contributed by atoms with van der Waals surface area (Å²) in [6.07, 6.45) is 4.34. The van der Waals surface area contributed by atoms with Crippen LogP contribution in [0.2, 0.25) is 0 Å². The van der Waals surface area contributed by atoms with Crippen molar-refractivity contribution in [1.82, 2.24) is 14.8 Å². The second kappa shape index (κ2) is 3.62. The van der Waals surface area contributed by atoms with Gasteiger partial charge in [-0.15, -0.1) is 0 Å². The molecule has 1 unspecified atom stereocenters. The van der Waals surface area contributed by atoms with E-state index in [1.807, 2.05) is 11.8 Å². The molecule has 0 aromatic carbocycles. The van der Waals surface area contributed by atoms with Gasteiger partial charge in [-0.2, -0.15) is 16.9 Å². The Morgan fingerprint density at radius 2 is 2.67 bits per heavy atom. The highest BCUT2D eigenvalue weighted by Gasteiger charge is 2.15. The summed E-state index contributed by atoms with van der Waals surface area (Å²) in [6, 6.07) is 0.565. The molecule has 66 valence electrons. The molecule has 1 aliphatic rings. The summed E-state index contributed by atoms with van der Waals surface area (Å²) in [5.41, 5.74) is 0. The molecule has 1 aromatic rings. The van der Waals surface area contributed by atoms with E-state index in [2.05, 4.69) is 14.8 Å². The molecule has 0 bridgehead atoms. The first-order valence-corrected chi connectivity index (χ1v) is 5.63. The van der Waals surface area contributed by atoms with Gasteiger partial charge in [0.15, 0.2) is 4.77 Å². The number of H-pyrrole nitrogens is 1. The Kier molecular flexibility index (Phi) is 2.51. The lowest BCUT2D eigenvalue weighted by molar-refractivity contribution is 0.493. The van der Waals surface area contributed by atoms with Gasteiger partial charge >= 0.3 is 0 Å². The van der Waals surface area contributed by atoms with E-state index < -0.39 is 0 Å². The number of nitrogens with one attached hydrogen (secondary N) is 1. The monoisotopic (exact) mass is 201 g/mol. The van der Waals surface area contributed by atoms with E-state index in [9.17, 15) is 0 Å². The highest BCUT2D eigenvalue weighted by Crippen LogP contribution is 2.26. The predicted octanol–water partition coefficient (Wildman–Crippen LogP) is 2.01. The Bertz CT molecular complexity index is 298. The Hall–Kier alpha value is -0.290. The van der Waals surface area contributed by atoms with Crippen LogP contribution in [-0.4, -0.2) is 26.3 Å². The summed E-state index contributed by atoms with van der Waals surface area (Å²) < 4.78 is 2.82. The lowest BCUT2D eigenvalue weighted by atomic mass is 10.2. The van der Waals surface area contributed by atoms with Crippen molar-refractivity contribution in [2.45, 2.75) is 18.9 Å². The number of nitrogens with zero attached hydrogens (tertiary/aromatic N) is 2. The van der Waals surface area contributed by atoms with Gasteiger partial charge in [0.25, 0.3) is 0 Å². The van der Waals surface area contributed by atoms with E-state index in [0.29, 0.717) is 6.04 Å². The largest absolute Gasteiger partial charge is 0.303 e. The van der Waals surface area contributed by atoms with E-state index >= 15 is 0 Å². The summed E-state index contributed by atoms with van der Waals surface area (Å²) in [7, 11) is 0. The number of aromatic amines is 1. The van der Waals surface area contributed by atoms with E-state index in [0.717, 1.165) is 4.77 Å². The minimum absolute atomic E-state index is 0.565. The molecule has 3 nitrogen and oxygen atoms in total. The van der Waals surface area contributed by atoms with Gasteiger partial charge in [-0.05, 0) is 30.8 Å². The maximum absolute atomic E-state index is 5.10. The standard InChI is InChI=1S/C7H11N3S2/c11-7-9-8-5-10(7)6-2-1-3-12-4-6/h5-6H,1-4H2,(H,9,11). The van der Waals surface area contributed by atoms with Gasteiger partial charge in [-0.3, -0.25) is 5.10 Å². The van der Waals surface area contributed by atoms with E-state index in [4.69, 9.17) is 12.2 Å². The van der Waals surface area contributed by atoms with E-state index in [1.54, 1.807) is 6.33 Å². The van der Waals surface area contributed by atoms with Gasteiger partial charge in [0.1, 0.15) is 6.33 Å². The second-order valence-electron chi connectivity index (χ2n) is 2.94. The molecule has 0 radical (unpaired) electrons. The maximum Gasteiger partial charge on any atom is 0.195 e. The molecule has 1 N–H and O–H groups in total. The Morgan fingerprint density at radius 3 is 3.25 bits per heavy atom. The quantitative estimate of drug-likeness (QED) is 0.706. The highest BCUT2D eigenvalue weighted by molar-refractivity contribution is 7.99. The lowest BCUT2D eigenvalue weighted by Crippen LogP contribution is -2.15. The molecule has 1 atom stereocenters. The fraction of sp³-hybridized carbons (Fsp3) is 0.714. The van der Waals surface area contributed by atoms with Crippen molar-refractivity contribution in [3.8, 4) is 0 Å². The Balaban J connectivity index is 2.18. The zero-order chi connectivity index (χ0) is 8.39. The summed E-state index contributed by atoms with van der Waals surface area (Å²) in [6.45, 7) is 0. The summed E-state index contributed by atoms with van der Waals surface area (Å²) in [5.74, 6) is 2.47. The van der Waals surface area contributed by atoms with Crippen LogP contribution in [0.1, 0.15) is 18.9 Å². The summed E-state index contributed by atoms with van der Waals surface area (Å²) in [4.78, 5) is 0. The average Bonchev–Trinajstić information content (AvgIpc) is 2.53. The molecule has 0 spiro atoms. The third kappa shape index (κ3) is 1.56. The van der Waals surface area contributed by atoms with Crippen molar-refractivity contribution in [3.05, 3.63) is 11.1 Å². The van der Waals surface area contributed by atoms with Crippen molar-refractivity contribution in [3.63, 3.8) is 0 Å². The molecule has 1 fully saturated rings. The van der Waals surface area contributed by atoms with Gasteiger partial charge in [-0.25, -0.2) is 0 Å². The maximum atomic E-state index is 5.10. The third-order valence-corrected chi connectivity index (χ3v) is 3.61. The molecule has 12 heavy (non-hydrogen) atoms. The predicted molar refractivity (Wildman–Crippen MR) is 53.0 cm³/mol. The molecular formula is C7H11N3S2. The van der Waals surface area contributed by atoms with Crippen LogP contribution in [0.15, 0.2) is 6.33 Å². The minimum atomic E-state index is 0.565. The average molecular weight is 201 g/mol. The van der Waals surface area contributed by atoms with Gasteiger partial charge in [0, 0.05) is 11.8 Å². The molecule has 0 aliphatic carbocycles. The molecule has 2 heterocycles. The van der Waals surface area contributed by atoms with Crippen LogP contribution in [0.4, 0.5) is 0 Å². The molecule has 0 saturated carbocycles. The summed E-state index contributed by atoms with van der Waals surface area (Å²) >= 11 is 7.10. The van der Waals surface area contributed by atoms with Crippen LogP contribution < -0.4 is 0 Å². The minimum Gasteiger partial charge on any atom is -0.303 e. The number of thioether (sulfide) groups is 1. The van der Waals surface area contributed by atoms with Gasteiger partial charge in [0.05, 0.1) is 0 Å². The number of aromatic nitrogens is 3. The zero-order valence-corrected chi connectivity index (χ0v) is 8.33. The van der Waals surface area contributed by atoms with E-state index in [-0.39, 0.29) is 0 Å². The molecular weight excluding hydrogens is 190 g/mol. The van der Waals surface area contributed by atoms with Crippen molar-refractivity contribution in [1.29, 1.82) is 0 Å². The van der Waals surface area contributed by atoms with Crippen LogP contribution in [0.25, 0.3) is 0 Å².